The number of hydrogen-bond acceptors (Lipinski definition) is 14. The van der Waals surface area contributed by atoms with Crippen molar-refractivity contribution >= 4 is 50.5 Å². The maximum Gasteiger partial charge on any atom is 0.437 e. The van der Waals surface area contributed by atoms with E-state index in [0.717, 1.165) is 16.7 Å². The number of carbonyl (C=O) groups is 6. The van der Waals surface area contributed by atoms with Crippen LogP contribution in [-0.2, 0) is 47.0 Å². The molecular weight excluding hydrogens is 1010 g/mol. The number of aliphatic imine (C=N–C) groups is 1. The Morgan fingerprint density at radius 3 is 1.77 bits per heavy atom. The summed E-state index contributed by atoms with van der Waals surface area (Å²) in [5.41, 5.74) is -2.64. The SMILES string of the molecule is CCC[C@@](NC(=O)OC(C)(C)C)(NC(=O)[C@H](Cc1c(C)cc(O[Si](C)(C)C(C)(C)C)cc1C)NC(=O)[C@@H](CCNC(=O)OC(C)(C)C)N/C(=N/C(=O)OC(C)(C)C)NC(=O)OC(C)(C)C)c1nc(Cc2ccccc2)no1. The van der Waals surface area contributed by atoms with Crippen molar-refractivity contribution in [2.24, 2.45) is 4.99 Å². The van der Waals surface area contributed by atoms with Crippen molar-refractivity contribution < 1.29 is 56.7 Å². The van der Waals surface area contributed by atoms with E-state index < -0.39 is 90.6 Å². The van der Waals surface area contributed by atoms with Crippen molar-refractivity contribution in [2.75, 3.05) is 6.54 Å². The number of aromatic nitrogens is 2. The molecule has 6 amide bonds. The summed E-state index contributed by atoms with van der Waals surface area (Å²) in [6, 6.07) is 10.3. The Morgan fingerprint density at radius 2 is 1.23 bits per heavy atom. The van der Waals surface area contributed by atoms with Gasteiger partial charge in [-0.3, -0.25) is 20.2 Å². The molecule has 0 aliphatic carbocycles. The first-order valence-corrected chi connectivity index (χ1v) is 28.9. The average Bonchev–Trinajstić information content (AvgIpc) is 3.70. The summed E-state index contributed by atoms with van der Waals surface area (Å²) < 4.78 is 34.6. The highest BCUT2D eigenvalue weighted by atomic mass is 28.4. The summed E-state index contributed by atoms with van der Waals surface area (Å²) in [6.45, 7) is 36.0. The van der Waals surface area contributed by atoms with Crippen molar-refractivity contribution in [3.8, 4) is 5.75 Å². The lowest BCUT2D eigenvalue weighted by molar-refractivity contribution is -0.131. The minimum Gasteiger partial charge on any atom is -0.543 e. The second-order valence-electron chi connectivity index (χ2n) is 24.6. The van der Waals surface area contributed by atoms with Crippen LogP contribution >= 0.6 is 0 Å². The van der Waals surface area contributed by atoms with Gasteiger partial charge in [-0.2, -0.15) is 4.98 Å². The number of ether oxygens (including phenoxy) is 4. The normalized spacial score (nSPS) is 14.2. The molecule has 6 N–H and O–H groups in total. The van der Waals surface area contributed by atoms with Gasteiger partial charge in [0.25, 0.3) is 5.89 Å². The molecule has 0 unspecified atom stereocenters. The summed E-state index contributed by atoms with van der Waals surface area (Å²) in [5.74, 6) is -1.42. The summed E-state index contributed by atoms with van der Waals surface area (Å²) in [5, 5.41) is 20.7. The Kier molecular flexibility index (Phi) is 21.9. The van der Waals surface area contributed by atoms with Gasteiger partial charge in [0, 0.05) is 19.4 Å². The van der Waals surface area contributed by atoms with Gasteiger partial charge in [-0.1, -0.05) is 69.6 Å². The fraction of sp³-hybridized carbons (Fsp3) is 0.618. The number of alkyl carbamates (subject to hydrolysis) is 3. The van der Waals surface area contributed by atoms with Crippen LogP contribution in [0.5, 0.6) is 5.75 Å². The third-order valence-corrected chi connectivity index (χ3v) is 15.9. The molecule has 77 heavy (non-hydrogen) atoms. The lowest BCUT2D eigenvalue weighted by atomic mass is 9.94. The van der Waals surface area contributed by atoms with E-state index >= 15 is 9.59 Å². The highest BCUT2D eigenvalue weighted by Crippen LogP contribution is 2.38. The molecule has 1 heterocycles. The van der Waals surface area contributed by atoms with E-state index in [0.29, 0.717) is 17.7 Å². The smallest absolute Gasteiger partial charge is 0.437 e. The van der Waals surface area contributed by atoms with Gasteiger partial charge in [0.2, 0.25) is 26.1 Å². The lowest BCUT2D eigenvalue weighted by Crippen LogP contribution is -2.63. The number of hydrogen-bond donors (Lipinski definition) is 6. The summed E-state index contributed by atoms with van der Waals surface area (Å²) in [6.07, 6.45) is -3.55. The second-order valence-corrected chi connectivity index (χ2v) is 29.3. The summed E-state index contributed by atoms with van der Waals surface area (Å²) in [7, 11) is -2.30. The van der Waals surface area contributed by atoms with Crippen LogP contribution in [-0.4, -0.2) is 102 Å². The van der Waals surface area contributed by atoms with Crippen molar-refractivity contribution in [1.29, 1.82) is 0 Å². The van der Waals surface area contributed by atoms with E-state index in [1.165, 1.54) is 0 Å². The van der Waals surface area contributed by atoms with Gasteiger partial charge in [0.15, 0.2) is 11.5 Å². The van der Waals surface area contributed by atoms with Crippen LogP contribution in [0.1, 0.15) is 164 Å². The van der Waals surface area contributed by atoms with E-state index in [4.69, 9.17) is 32.9 Å². The number of carbonyl (C=O) groups excluding carboxylic acids is 6. The van der Waals surface area contributed by atoms with Gasteiger partial charge >= 0.3 is 24.4 Å². The van der Waals surface area contributed by atoms with Crippen molar-refractivity contribution in [3.63, 3.8) is 0 Å². The van der Waals surface area contributed by atoms with Gasteiger partial charge in [-0.05, 0) is 162 Å². The molecule has 0 saturated heterocycles. The quantitative estimate of drug-likeness (QED) is 0.0227. The molecule has 3 rings (SSSR count). The zero-order valence-electron chi connectivity index (χ0n) is 49.2. The van der Waals surface area contributed by atoms with E-state index in [1.54, 1.807) is 83.1 Å². The molecule has 1 aromatic heterocycles. The fourth-order valence-electron chi connectivity index (χ4n) is 7.21. The highest BCUT2D eigenvalue weighted by Gasteiger charge is 2.44. The van der Waals surface area contributed by atoms with E-state index in [2.05, 4.69) is 75.9 Å². The number of nitrogens with zero attached hydrogens (tertiary/aromatic N) is 3. The lowest BCUT2D eigenvalue weighted by Gasteiger charge is -2.37. The van der Waals surface area contributed by atoms with Crippen LogP contribution < -0.4 is 36.3 Å². The Hall–Kier alpha value is -6.71. The minimum absolute atomic E-state index is 0.0184. The van der Waals surface area contributed by atoms with Crippen LogP contribution in [0.4, 0.5) is 19.2 Å². The molecule has 428 valence electrons. The first-order chi connectivity index (χ1) is 35.2. The molecule has 22 heteroatoms. The first kappa shape index (κ1) is 64.6. The van der Waals surface area contributed by atoms with Gasteiger partial charge < -0.3 is 49.2 Å². The van der Waals surface area contributed by atoms with Crippen molar-refractivity contribution in [1.82, 2.24) is 42.0 Å². The summed E-state index contributed by atoms with van der Waals surface area (Å²) in [4.78, 5) is 92.5. The molecule has 0 spiro atoms. The number of aryl methyl sites for hydroxylation is 2. The molecule has 0 radical (unpaired) electrons. The highest BCUT2D eigenvalue weighted by molar-refractivity contribution is 6.74. The van der Waals surface area contributed by atoms with Crippen LogP contribution in [0.15, 0.2) is 52.0 Å². The number of nitrogens with one attached hydrogen (secondary N) is 6. The monoisotopic (exact) mass is 1090 g/mol. The van der Waals surface area contributed by atoms with Crippen molar-refractivity contribution in [3.05, 3.63) is 76.4 Å². The van der Waals surface area contributed by atoms with Crippen LogP contribution in [0, 0.1) is 13.8 Å². The molecule has 0 fully saturated rings. The van der Waals surface area contributed by atoms with Gasteiger partial charge in [-0.15, -0.1) is 4.99 Å². The zero-order chi connectivity index (χ0) is 58.5. The number of guanidine groups is 1. The van der Waals surface area contributed by atoms with E-state index in [9.17, 15) is 19.2 Å². The standard InChI is InChI=1S/C55H87N9O12Si/c1-21-28-55(63-49(70)74-53(13,14)15,44-59-41(64-75-44)32-36-25-23-22-24-26-36)62-43(66)40(33-38-34(2)30-37(31-35(38)3)76-77(19,20)54(16,17)18)57-42(65)39(27-29-56-46(67)71-50(4,5)6)58-45(60-47(68)72-51(7,8)9)61-48(69)73-52(10,11)12/h22-26,30-31,39-40H,21,27-29,32-33H2,1-20H3,(H,56,67)(H,57,65)(H,62,66)(H,63,70)(H2,58,60,61,68,69)/t39-,40+,55+/m1/s1. The molecule has 3 aromatic rings. The Bertz CT molecular complexity index is 2530. The van der Waals surface area contributed by atoms with E-state index in [-0.39, 0.29) is 49.0 Å². The van der Waals surface area contributed by atoms with Crippen molar-refractivity contribution in [2.45, 2.75) is 215 Å². The fourth-order valence-corrected chi connectivity index (χ4v) is 8.22. The predicted molar refractivity (Wildman–Crippen MR) is 296 cm³/mol. The zero-order valence-corrected chi connectivity index (χ0v) is 50.2. The maximum absolute atomic E-state index is 15.5. The Morgan fingerprint density at radius 1 is 0.688 bits per heavy atom. The number of benzene rings is 2. The first-order valence-electron chi connectivity index (χ1n) is 26.0. The molecule has 0 aliphatic rings. The Labute approximate surface area is 456 Å². The van der Waals surface area contributed by atoms with Gasteiger partial charge in [0.05, 0.1) is 0 Å². The minimum atomic E-state index is -2.30. The summed E-state index contributed by atoms with van der Waals surface area (Å²) >= 11 is 0. The molecule has 0 aliphatic heterocycles. The average molecular weight is 1090 g/mol. The topological polar surface area (TPSA) is 272 Å². The molecule has 3 atom stereocenters. The van der Waals surface area contributed by atoms with Gasteiger partial charge in [-0.25, -0.2) is 19.2 Å². The molecular formula is C55H87N9O12Si. The number of amides is 6. The predicted octanol–water partition coefficient (Wildman–Crippen LogP) is 9.67. The second kappa shape index (κ2) is 26.1. The molecule has 21 nitrogen and oxygen atoms in total. The molecule has 0 saturated carbocycles. The van der Waals surface area contributed by atoms with Crippen LogP contribution in [0.25, 0.3) is 0 Å². The Balaban J connectivity index is 2.30. The molecule has 2 aromatic carbocycles. The molecule has 0 bridgehead atoms. The third-order valence-electron chi connectivity index (χ3n) is 11.5. The largest absolute Gasteiger partial charge is 0.543 e. The number of rotatable bonds is 18. The van der Waals surface area contributed by atoms with Crippen LogP contribution in [0.2, 0.25) is 18.1 Å². The van der Waals surface area contributed by atoms with E-state index in [1.807, 2.05) is 63.2 Å². The maximum atomic E-state index is 15.5. The van der Waals surface area contributed by atoms with Crippen LogP contribution in [0.3, 0.4) is 0 Å². The van der Waals surface area contributed by atoms with Gasteiger partial charge in [0.1, 0.15) is 40.2 Å². The third kappa shape index (κ3) is 22.4.